The first-order valence-corrected chi connectivity index (χ1v) is 6.58. The number of rotatable bonds is 5. The Kier molecular flexibility index (Phi) is 6.17. The second kappa shape index (κ2) is 7.45. The van der Waals surface area contributed by atoms with E-state index in [1.807, 2.05) is 6.07 Å². The van der Waals surface area contributed by atoms with Gasteiger partial charge in [0.1, 0.15) is 6.61 Å². The van der Waals surface area contributed by atoms with Gasteiger partial charge in [0.25, 0.3) is 0 Å². The minimum Gasteiger partial charge on any atom is -0.384 e. The van der Waals surface area contributed by atoms with Crippen LogP contribution in [0.2, 0.25) is 0 Å². The summed E-state index contributed by atoms with van der Waals surface area (Å²) in [6.45, 7) is 7.48. The largest absolute Gasteiger partial charge is 0.384 e. The summed E-state index contributed by atoms with van der Waals surface area (Å²) in [6.07, 6.45) is 1.18. The number of aliphatic hydroxyl groups excluding tert-OH is 1. The van der Waals surface area contributed by atoms with Crippen molar-refractivity contribution in [1.82, 2.24) is 4.90 Å². The highest BCUT2D eigenvalue weighted by Crippen LogP contribution is 2.18. The van der Waals surface area contributed by atoms with Gasteiger partial charge in [-0.2, -0.15) is 0 Å². The lowest BCUT2D eigenvalue weighted by Gasteiger charge is -2.18. The van der Waals surface area contributed by atoms with Gasteiger partial charge in [0.05, 0.1) is 0 Å². The van der Waals surface area contributed by atoms with Gasteiger partial charge in [-0.05, 0) is 31.0 Å². The quantitative estimate of drug-likeness (QED) is 0.795. The molecule has 88 valence electrons. The van der Waals surface area contributed by atoms with E-state index in [0.717, 1.165) is 25.2 Å². The SMILES string of the molecule is CCCN(CC)Cc1sccc1C#CCO. The Morgan fingerprint density at radius 3 is 2.88 bits per heavy atom. The van der Waals surface area contributed by atoms with Crippen LogP contribution in [0.15, 0.2) is 11.4 Å². The highest BCUT2D eigenvalue weighted by Gasteiger charge is 2.07. The zero-order valence-electron chi connectivity index (χ0n) is 9.99. The summed E-state index contributed by atoms with van der Waals surface area (Å²) in [5, 5.41) is 10.8. The molecule has 16 heavy (non-hydrogen) atoms. The average Bonchev–Trinajstić information content (AvgIpc) is 2.73. The summed E-state index contributed by atoms with van der Waals surface area (Å²) in [5.74, 6) is 5.71. The third kappa shape index (κ3) is 3.97. The van der Waals surface area contributed by atoms with Crippen molar-refractivity contribution in [1.29, 1.82) is 0 Å². The van der Waals surface area contributed by atoms with Crippen molar-refractivity contribution in [3.05, 3.63) is 21.9 Å². The topological polar surface area (TPSA) is 23.5 Å². The lowest BCUT2D eigenvalue weighted by Crippen LogP contribution is -2.23. The molecule has 0 bridgehead atoms. The average molecular weight is 237 g/mol. The van der Waals surface area contributed by atoms with E-state index in [1.165, 1.54) is 11.3 Å². The summed E-state index contributed by atoms with van der Waals surface area (Å²) in [7, 11) is 0. The lowest BCUT2D eigenvalue weighted by molar-refractivity contribution is 0.283. The molecule has 0 spiro atoms. The molecule has 0 saturated carbocycles. The van der Waals surface area contributed by atoms with E-state index in [1.54, 1.807) is 11.3 Å². The van der Waals surface area contributed by atoms with Gasteiger partial charge in [-0.15, -0.1) is 11.3 Å². The van der Waals surface area contributed by atoms with Crippen molar-refractivity contribution < 1.29 is 5.11 Å². The van der Waals surface area contributed by atoms with Crippen LogP contribution in [0, 0.1) is 11.8 Å². The fraction of sp³-hybridized carbons (Fsp3) is 0.538. The van der Waals surface area contributed by atoms with Gasteiger partial charge < -0.3 is 5.11 Å². The van der Waals surface area contributed by atoms with Crippen LogP contribution >= 0.6 is 11.3 Å². The molecule has 1 aromatic rings. The summed E-state index contributed by atoms with van der Waals surface area (Å²) in [4.78, 5) is 3.71. The van der Waals surface area contributed by atoms with E-state index < -0.39 is 0 Å². The van der Waals surface area contributed by atoms with E-state index >= 15 is 0 Å². The molecule has 2 nitrogen and oxygen atoms in total. The second-order valence-electron chi connectivity index (χ2n) is 3.59. The minimum absolute atomic E-state index is 0.0677. The number of nitrogens with zero attached hydrogens (tertiary/aromatic N) is 1. The van der Waals surface area contributed by atoms with Gasteiger partial charge in [-0.25, -0.2) is 0 Å². The zero-order chi connectivity index (χ0) is 11.8. The first-order chi connectivity index (χ1) is 7.81. The van der Waals surface area contributed by atoms with E-state index in [0.29, 0.717) is 0 Å². The molecule has 1 aromatic heterocycles. The van der Waals surface area contributed by atoms with Crippen molar-refractivity contribution in [2.75, 3.05) is 19.7 Å². The third-order valence-corrected chi connectivity index (χ3v) is 3.31. The summed E-state index contributed by atoms with van der Waals surface area (Å²) in [5.41, 5.74) is 1.06. The van der Waals surface area contributed by atoms with Crippen molar-refractivity contribution in [3.8, 4) is 11.8 Å². The summed E-state index contributed by atoms with van der Waals surface area (Å²) in [6, 6.07) is 2.03. The predicted molar refractivity (Wildman–Crippen MR) is 69.5 cm³/mol. The maximum atomic E-state index is 8.69. The molecule has 0 amide bonds. The molecule has 1 rings (SSSR count). The first-order valence-electron chi connectivity index (χ1n) is 5.70. The molecule has 0 aromatic carbocycles. The molecule has 0 aliphatic carbocycles. The summed E-state index contributed by atoms with van der Waals surface area (Å²) >= 11 is 1.74. The fourth-order valence-corrected chi connectivity index (χ4v) is 2.45. The zero-order valence-corrected chi connectivity index (χ0v) is 10.8. The predicted octanol–water partition coefficient (Wildman–Crippen LogP) is 2.32. The number of hydrogen-bond acceptors (Lipinski definition) is 3. The van der Waals surface area contributed by atoms with Crippen LogP contribution in [-0.2, 0) is 6.54 Å². The van der Waals surface area contributed by atoms with Gasteiger partial charge in [-0.1, -0.05) is 25.7 Å². The minimum atomic E-state index is -0.0677. The van der Waals surface area contributed by atoms with Crippen molar-refractivity contribution in [2.45, 2.75) is 26.8 Å². The Morgan fingerprint density at radius 2 is 2.25 bits per heavy atom. The van der Waals surface area contributed by atoms with Crippen molar-refractivity contribution >= 4 is 11.3 Å². The molecule has 0 saturated heterocycles. The van der Waals surface area contributed by atoms with Gasteiger partial charge >= 0.3 is 0 Å². The molecule has 0 unspecified atom stereocenters. The van der Waals surface area contributed by atoms with Crippen molar-refractivity contribution in [2.24, 2.45) is 0 Å². The second-order valence-corrected chi connectivity index (χ2v) is 4.59. The van der Waals surface area contributed by atoms with Crippen molar-refractivity contribution in [3.63, 3.8) is 0 Å². The smallest absolute Gasteiger partial charge is 0.104 e. The highest BCUT2D eigenvalue weighted by molar-refractivity contribution is 7.10. The molecular formula is C13H19NOS. The van der Waals surface area contributed by atoms with Crippen LogP contribution in [0.3, 0.4) is 0 Å². The van der Waals surface area contributed by atoms with E-state index in [9.17, 15) is 0 Å². The van der Waals surface area contributed by atoms with Crippen LogP contribution in [0.25, 0.3) is 0 Å². The Morgan fingerprint density at radius 1 is 1.44 bits per heavy atom. The number of thiophene rings is 1. The number of hydrogen-bond donors (Lipinski definition) is 1. The van der Waals surface area contributed by atoms with Gasteiger partial charge in [-0.3, -0.25) is 4.90 Å². The first kappa shape index (κ1) is 13.2. The normalized spacial score (nSPS) is 10.2. The van der Waals surface area contributed by atoms with Crippen LogP contribution in [0.5, 0.6) is 0 Å². The molecule has 0 aliphatic heterocycles. The molecular weight excluding hydrogens is 218 g/mol. The summed E-state index contributed by atoms with van der Waals surface area (Å²) < 4.78 is 0. The lowest BCUT2D eigenvalue weighted by atomic mass is 10.2. The third-order valence-electron chi connectivity index (χ3n) is 2.40. The van der Waals surface area contributed by atoms with Crippen LogP contribution in [-0.4, -0.2) is 29.7 Å². The molecule has 0 atom stereocenters. The van der Waals surface area contributed by atoms with Crippen LogP contribution < -0.4 is 0 Å². The van der Waals surface area contributed by atoms with E-state index in [-0.39, 0.29) is 6.61 Å². The molecule has 3 heteroatoms. The monoisotopic (exact) mass is 237 g/mol. The maximum Gasteiger partial charge on any atom is 0.104 e. The van der Waals surface area contributed by atoms with Gasteiger partial charge in [0.2, 0.25) is 0 Å². The Balaban J connectivity index is 2.68. The van der Waals surface area contributed by atoms with Crippen LogP contribution in [0.4, 0.5) is 0 Å². The van der Waals surface area contributed by atoms with Crippen LogP contribution in [0.1, 0.15) is 30.7 Å². The molecule has 1 heterocycles. The molecule has 0 radical (unpaired) electrons. The van der Waals surface area contributed by atoms with Gasteiger partial charge in [0, 0.05) is 17.0 Å². The maximum absolute atomic E-state index is 8.69. The molecule has 0 fully saturated rings. The molecule has 0 aliphatic rings. The highest BCUT2D eigenvalue weighted by atomic mass is 32.1. The Bertz CT molecular complexity index is 361. The Hall–Kier alpha value is -0.820. The van der Waals surface area contributed by atoms with E-state index in [4.69, 9.17) is 5.11 Å². The number of aliphatic hydroxyl groups is 1. The fourth-order valence-electron chi connectivity index (χ4n) is 1.58. The van der Waals surface area contributed by atoms with E-state index in [2.05, 4.69) is 36.0 Å². The van der Waals surface area contributed by atoms with Gasteiger partial charge in [0.15, 0.2) is 0 Å². The molecule has 1 N–H and O–H groups in total. The standard InChI is InChI=1S/C13H19NOS/c1-3-8-14(4-2)11-13-12(6-5-9-15)7-10-16-13/h7,10,15H,3-4,8-9,11H2,1-2H3. The Labute approximate surface area is 102 Å².